The van der Waals surface area contributed by atoms with E-state index in [1.54, 1.807) is 0 Å². The van der Waals surface area contributed by atoms with Gasteiger partial charge in [0.1, 0.15) is 0 Å². The maximum Gasteiger partial charge on any atom is 0.195 e. The fourth-order valence-corrected chi connectivity index (χ4v) is 2.47. The van der Waals surface area contributed by atoms with Crippen molar-refractivity contribution in [2.24, 2.45) is 5.92 Å². The predicted molar refractivity (Wildman–Crippen MR) is 67.9 cm³/mol. The number of Topliss-reactive ketones (excluding diaryl/α,β-unsaturated/α-hetero) is 1. The third-order valence-corrected chi connectivity index (χ3v) is 3.66. The van der Waals surface area contributed by atoms with Crippen LogP contribution in [0.3, 0.4) is 0 Å². The summed E-state index contributed by atoms with van der Waals surface area (Å²) in [5.41, 5.74) is 0.640. The van der Waals surface area contributed by atoms with Gasteiger partial charge < -0.3 is 0 Å². The van der Waals surface area contributed by atoms with Crippen molar-refractivity contribution in [2.75, 3.05) is 0 Å². The molecule has 2 aromatic carbocycles. The Labute approximate surface area is 114 Å². The fourth-order valence-electron chi connectivity index (χ4n) is 2.47. The number of hydrogen-bond donors (Lipinski definition) is 0. The number of rotatable bonds is 3. The molecule has 0 heterocycles. The summed E-state index contributed by atoms with van der Waals surface area (Å²) >= 11 is 0. The van der Waals surface area contributed by atoms with Gasteiger partial charge in [0.05, 0.1) is 5.56 Å². The van der Waals surface area contributed by atoms with E-state index in [4.69, 9.17) is 0 Å². The van der Waals surface area contributed by atoms with Crippen LogP contribution in [0.25, 0.3) is 0 Å². The molecule has 4 heteroatoms. The molecule has 3 rings (SSSR count). The molecule has 0 saturated heterocycles. The van der Waals surface area contributed by atoms with Gasteiger partial charge in [0.25, 0.3) is 0 Å². The third kappa shape index (κ3) is 2.11. The topological polar surface area (TPSA) is 17.1 Å². The number of benzene rings is 2. The number of carbonyl (C=O) groups excluding carboxylic acids is 1. The molecule has 20 heavy (non-hydrogen) atoms. The van der Waals surface area contributed by atoms with Crippen LogP contribution in [-0.2, 0) is 0 Å². The van der Waals surface area contributed by atoms with E-state index in [2.05, 4.69) is 0 Å². The standard InChI is InChI=1S/C16H11F3O/c17-13-7-6-10(14(18)15(13)19)16(20)12-8-11(12)9-4-2-1-3-5-9/h1-7,11-12H,8H2. The van der Waals surface area contributed by atoms with Crippen molar-refractivity contribution in [3.05, 3.63) is 71.0 Å². The zero-order valence-electron chi connectivity index (χ0n) is 10.4. The average molecular weight is 276 g/mol. The van der Waals surface area contributed by atoms with E-state index >= 15 is 0 Å². The Hall–Kier alpha value is -2.10. The van der Waals surface area contributed by atoms with Gasteiger partial charge in [0.15, 0.2) is 23.2 Å². The Bertz CT molecular complexity index is 667. The molecule has 2 unspecified atom stereocenters. The van der Waals surface area contributed by atoms with Crippen molar-refractivity contribution in [1.82, 2.24) is 0 Å². The molecule has 0 spiro atoms. The molecule has 0 N–H and O–H groups in total. The molecule has 2 aromatic rings. The molecule has 2 atom stereocenters. The summed E-state index contributed by atoms with van der Waals surface area (Å²) in [5, 5.41) is 0. The van der Waals surface area contributed by atoms with Gasteiger partial charge in [-0.15, -0.1) is 0 Å². The van der Waals surface area contributed by atoms with Gasteiger partial charge in [0, 0.05) is 5.92 Å². The highest BCUT2D eigenvalue weighted by Gasteiger charge is 2.44. The van der Waals surface area contributed by atoms with Crippen LogP contribution in [0.1, 0.15) is 28.3 Å². The fraction of sp³-hybridized carbons (Fsp3) is 0.188. The van der Waals surface area contributed by atoms with Crippen LogP contribution in [0, 0.1) is 23.4 Å². The van der Waals surface area contributed by atoms with Crippen molar-refractivity contribution < 1.29 is 18.0 Å². The zero-order chi connectivity index (χ0) is 14.3. The Morgan fingerprint density at radius 2 is 1.65 bits per heavy atom. The second-order valence-electron chi connectivity index (χ2n) is 4.95. The van der Waals surface area contributed by atoms with Gasteiger partial charge in [-0.1, -0.05) is 30.3 Å². The van der Waals surface area contributed by atoms with Crippen LogP contribution >= 0.6 is 0 Å². The number of ketones is 1. The molecule has 1 nitrogen and oxygen atoms in total. The highest BCUT2D eigenvalue weighted by Crippen LogP contribution is 2.49. The van der Waals surface area contributed by atoms with Gasteiger partial charge in [-0.25, -0.2) is 13.2 Å². The second kappa shape index (κ2) is 4.78. The quantitative estimate of drug-likeness (QED) is 0.609. The monoisotopic (exact) mass is 276 g/mol. The van der Waals surface area contributed by atoms with Gasteiger partial charge >= 0.3 is 0 Å². The Morgan fingerprint density at radius 1 is 0.950 bits per heavy atom. The molecule has 0 amide bonds. The first-order valence-corrected chi connectivity index (χ1v) is 6.32. The molecular weight excluding hydrogens is 265 g/mol. The van der Waals surface area contributed by atoms with E-state index < -0.39 is 23.2 Å². The number of carbonyl (C=O) groups is 1. The average Bonchev–Trinajstić information content (AvgIpc) is 3.26. The first-order valence-electron chi connectivity index (χ1n) is 6.32. The number of halogens is 3. The van der Waals surface area contributed by atoms with E-state index in [0.717, 1.165) is 17.7 Å². The first kappa shape index (κ1) is 12.9. The van der Waals surface area contributed by atoms with E-state index in [9.17, 15) is 18.0 Å². The largest absolute Gasteiger partial charge is 0.294 e. The van der Waals surface area contributed by atoms with Crippen molar-refractivity contribution in [1.29, 1.82) is 0 Å². The summed E-state index contributed by atoms with van der Waals surface area (Å²) in [7, 11) is 0. The molecule has 0 aromatic heterocycles. The second-order valence-corrected chi connectivity index (χ2v) is 4.95. The van der Waals surface area contributed by atoms with Crippen LogP contribution in [0.5, 0.6) is 0 Å². The van der Waals surface area contributed by atoms with Crippen LogP contribution in [0.2, 0.25) is 0 Å². The predicted octanol–water partition coefficient (Wildman–Crippen LogP) is 4.09. The van der Waals surface area contributed by atoms with E-state index in [-0.39, 0.29) is 17.4 Å². The molecule has 0 radical (unpaired) electrons. The van der Waals surface area contributed by atoms with Gasteiger partial charge in [-0.2, -0.15) is 0 Å². The lowest BCUT2D eigenvalue weighted by molar-refractivity contribution is 0.0960. The summed E-state index contributed by atoms with van der Waals surface area (Å²) in [6.07, 6.45) is 0.612. The minimum absolute atomic E-state index is 0.0382. The Morgan fingerprint density at radius 3 is 2.35 bits per heavy atom. The van der Waals surface area contributed by atoms with Crippen LogP contribution in [0.4, 0.5) is 13.2 Å². The summed E-state index contributed by atoms with van der Waals surface area (Å²) in [6.45, 7) is 0. The summed E-state index contributed by atoms with van der Waals surface area (Å²) < 4.78 is 39.6. The highest BCUT2D eigenvalue weighted by molar-refractivity contribution is 6.00. The SMILES string of the molecule is O=C(c1ccc(F)c(F)c1F)C1CC1c1ccccc1. The lowest BCUT2D eigenvalue weighted by Crippen LogP contribution is -2.08. The zero-order valence-corrected chi connectivity index (χ0v) is 10.4. The molecule has 1 aliphatic rings. The summed E-state index contributed by atoms with van der Waals surface area (Å²) in [4.78, 5) is 12.1. The highest BCUT2D eigenvalue weighted by atomic mass is 19.2. The van der Waals surface area contributed by atoms with E-state index in [1.807, 2.05) is 30.3 Å². The summed E-state index contributed by atoms with van der Waals surface area (Å²) in [5.74, 6) is -5.04. The minimum atomic E-state index is -1.59. The third-order valence-electron chi connectivity index (χ3n) is 3.66. The molecule has 1 fully saturated rings. The van der Waals surface area contributed by atoms with Crippen molar-refractivity contribution in [3.63, 3.8) is 0 Å². The van der Waals surface area contributed by atoms with Crippen LogP contribution in [-0.4, -0.2) is 5.78 Å². The Kier molecular flexibility index (Phi) is 3.08. The Balaban J connectivity index is 1.84. The summed E-state index contributed by atoms with van der Waals surface area (Å²) in [6, 6.07) is 11.2. The van der Waals surface area contributed by atoms with E-state index in [0.29, 0.717) is 6.42 Å². The van der Waals surface area contributed by atoms with Crippen LogP contribution in [0.15, 0.2) is 42.5 Å². The maximum atomic E-state index is 13.6. The lowest BCUT2D eigenvalue weighted by Gasteiger charge is -2.04. The minimum Gasteiger partial charge on any atom is -0.294 e. The van der Waals surface area contributed by atoms with Crippen molar-refractivity contribution in [3.8, 4) is 0 Å². The molecule has 1 saturated carbocycles. The van der Waals surface area contributed by atoms with E-state index in [1.165, 1.54) is 0 Å². The first-order chi connectivity index (χ1) is 9.59. The van der Waals surface area contributed by atoms with Crippen molar-refractivity contribution in [2.45, 2.75) is 12.3 Å². The van der Waals surface area contributed by atoms with Gasteiger partial charge in [-0.3, -0.25) is 4.79 Å². The van der Waals surface area contributed by atoms with Crippen LogP contribution < -0.4 is 0 Å². The van der Waals surface area contributed by atoms with Gasteiger partial charge in [0.2, 0.25) is 0 Å². The maximum absolute atomic E-state index is 13.6. The normalized spacial score (nSPS) is 20.8. The molecule has 102 valence electrons. The molecular formula is C16H11F3O. The molecule has 0 bridgehead atoms. The van der Waals surface area contributed by atoms with Gasteiger partial charge in [-0.05, 0) is 30.0 Å². The molecule has 0 aliphatic heterocycles. The molecule has 1 aliphatic carbocycles. The lowest BCUT2D eigenvalue weighted by atomic mass is 10.0. The van der Waals surface area contributed by atoms with Crippen molar-refractivity contribution >= 4 is 5.78 Å². The number of hydrogen-bond acceptors (Lipinski definition) is 1. The smallest absolute Gasteiger partial charge is 0.195 e.